The number of anilines is 1. The monoisotopic (exact) mass is 539 g/mol. The van der Waals surface area contributed by atoms with Gasteiger partial charge in [0.15, 0.2) is 23.6 Å². The standard InChI is InChI=1S/C21H25N5O12/c1-22-8-21(9-35-18(28)32-3)15(37-20(30)34-5)14(36-19(29)33-4)13(38-21)11-6-7-12-16(25-17(27)31-2)23-10-24-26(11)12/h6-8,10,13-15H,9H2,1-5H3,(H,23,24,25,27)/t13-,14-,15-,21+/m0/s1. The summed E-state index contributed by atoms with van der Waals surface area (Å²) in [5, 5.41) is 6.64. The SMILES string of the molecule is CN=C[C@]1(COC(=O)OC)O[C@@H](c2ccc3c(NC(=O)OC)ncnn23)[C@H](OC(=O)OC)[C@@H]1OC(=O)OC. The van der Waals surface area contributed by atoms with E-state index in [2.05, 4.69) is 39.3 Å². The first-order valence-corrected chi connectivity index (χ1v) is 10.7. The van der Waals surface area contributed by atoms with Gasteiger partial charge in [0.1, 0.15) is 24.6 Å². The molecule has 1 aliphatic rings. The van der Waals surface area contributed by atoms with Crippen LogP contribution in [0.1, 0.15) is 11.8 Å². The Balaban J connectivity index is 2.16. The molecule has 38 heavy (non-hydrogen) atoms. The van der Waals surface area contributed by atoms with Crippen LogP contribution >= 0.6 is 0 Å². The van der Waals surface area contributed by atoms with Gasteiger partial charge in [0.05, 0.1) is 34.1 Å². The molecule has 0 saturated carbocycles. The Morgan fingerprint density at radius 3 is 2.37 bits per heavy atom. The van der Waals surface area contributed by atoms with E-state index in [1.54, 1.807) is 12.1 Å². The van der Waals surface area contributed by atoms with Crippen molar-refractivity contribution in [2.24, 2.45) is 4.99 Å². The molecule has 1 fully saturated rings. The Hall–Kier alpha value is -4.67. The van der Waals surface area contributed by atoms with Crippen molar-refractivity contribution in [3.8, 4) is 0 Å². The lowest BCUT2D eigenvalue weighted by Crippen LogP contribution is -2.52. The maximum atomic E-state index is 12.2. The lowest BCUT2D eigenvalue weighted by molar-refractivity contribution is -0.0836. The molecule has 0 spiro atoms. The van der Waals surface area contributed by atoms with Crippen molar-refractivity contribution in [2.45, 2.75) is 23.9 Å². The van der Waals surface area contributed by atoms with Crippen LogP contribution < -0.4 is 5.32 Å². The third-order valence-electron chi connectivity index (χ3n) is 5.32. The summed E-state index contributed by atoms with van der Waals surface area (Å²) in [7, 11) is 5.83. The Morgan fingerprint density at radius 2 is 1.74 bits per heavy atom. The Bertz CT molecular complexity index is 1220. The third kappa shape index (κ3) is 5.66. The molecule has 2 aromatic rings. The number of hydrogen-bond acceptors (Lipinski definition) is 15. The highest BCUT2D eigenvalue weighted by Gasteiger charge is 2.61. The molecule has 1 N–H and O–H groups in total. The fraction of sp³-hybridized carbons (Fsp3) is 0.476. The number of aromatic nitrogens is 3. The molecule has 3 heterocycles. The van der Waals surface area contributed by atoms with Crippen LogP contribution in [0.3, 0.4) is 0 Å². The molecule has 2 aromatic heterocycles. The molecule has 3 rings (SSSR count). The summed E-state index contributed by atoms with van der Waals surface area (Å²) in [4.78, 5) is 56.0. The molecule has 1 saturated heterocycles. The van der Waals surface area contributed by atoms with Crippen molar-refractivity contribution in [1.82, 2.24) is 14.6 Å². The normalized spacial score (nSPS) is 22.5. The summed E-state index contributed by atoms with van der Waals surface area (Å²) in [6.45, 7) is -0.580. The highest BCUT2D eigenvalue weighted by Crippen LogP contribution is 2.44. The van der Waals surface area contributed by atoms with Gasteiger partial charge in [-0.2, -0.15) is 5.10 Å². The van der Waals surface area contributed by atoms with E-state index >= 15 is 0 Å². The minimum atomic E-state index is -1.80. The lowest BCUT2D eigenvalue weighted by Gasteiger charge is -2.29. The van der Waals surface area contributed by atoms with Crippen molar-refractivity contribution in [2.75, 3.05) is 47.4 Å². The van der Waals surface area contributed by atoms with E-state index in [9.17, 15) is 19.2 Å². The molecule has 17 heteroatoms. The van der Waals surface area contributed by atoms with Gasteiger partial charge in [0.25, 0.3) is 0 Å². The van der Waals surface area contributed by atoms with Crippen molar-refractivity contribution >= 4 is 42.1 Å². The van der Waals surface area contributed by atoms with Crippen LogP contribution in [0.2, 0.25) is 0 Å². The number of carbonyl (C=O) groups excluding carboxylic acids is 4. The van der Waals surface area contributed by atoms with Crippen molar-refractivity contribution in [1.29, 1.82) is 0 Å². The topological polar surface area (TPSA) is 197 Å². The van der Waals surface area contributed by atoms with Gasteiger partial charge >= 0.3 is 24.6 Å². The largest absolute Gasteiger partial charge is 0.508 e. The number of fused-ring (bicyclic) bond motifs is 1. The maximum Gasteiger partial charge on any atom is 0.508 e. The van der Waals surface area contributed by atoms with E-state index in [-0.39, 0.29) is 11.5 Å². The molecule has 1 amide bonds. The number of amides is 1. The first kappa shape index (κ1) is 27.9. The first-order chi connectivity index (χ1) is 18.2. The zero-order valence-corrected chi connectivity index (χ0v) is 20.9. The Kier molecular flexibility index (Phi) is 8.85. The van der Waals surface area contributed by atoms with E-state index in [4.69, 9.17) is 18.9 Å². The molecule has 0 aliphatic carbocycles. The number of ether oxygens (including phenoxy) is 8. The van der Waals surface area contributed by atoms with Crippen LogP contribution in [0.25, 0.3) is 5.52 Å². The van der Waals surface area contributed by atoms with E-state index in [1.165, 1.54) is 24.9 Å². The van der Waals surface area contributed by atoms with Gasteiger partial charge in [0, 0.05) is 13.3 Å². The summed E-state index contributed by atoms with van der Waals surface area (Å²) in [6, 6.07) is 3.09. The molecule has 0 bridgehead atoms. The highest BCUT2D eigenvalue weighted by atomic mass is 16.8. The van der Waals surface area contributed by atoms with Crippen molar-refractivity contribution in [3.63, 3.8) is 0 Å². The number of nitrogens with zero attached hydrogens (tertiary/aromatic N) is 4. The summed E-state index contributed by atoms with van der Waals surface area (Å²) < 4.78 is 42.0. The predicted octanol–water partition coefficient (Wildman–Crippen LogP) is 1.50. The molecular weight excluding hydrogens is 514 g/mol. The van der Waals surface area contributed by atoms with Crippen LogP contribution in [0.4, 0.5) is 25.0 Å². The summed E-state index contributed by atoms with van der Waals surface area (Å²) in [5.41, 5.74) is -1.23. The summed E-state index contributed by atoms with van der Waals surface area (Å²) in [5.74, 6) is 0.0966. The van der Waals surface area contributed by atoms with E-state index < -0.39 is 55.1 Å². The molecule has 0 radical (unpaired) electrons. The smallest absolute Gasteiger partial charge is 0.453 e. The fourth-order valence-corrected chi connectivity index (χ4v) is 3.76. The Morgan fingerprint density at radius 1 is 1.05 bits per heavy atom. The fourth-order valence-electron chi connectivity index (χ4n) is 3.76. The van der Waals surface area contributed by atoms with Gasteiger partial charge in [-0.05, 0) is 12.1 Å². The molecule has 206 valence electrons. The number of nitrogens with one attached hydrogen (secondary N) is 1. The average molecular weight is 539 g/mol. The summed E-state index contributed by atoms with van der Waals surface area (Å²) >= 11 is 0. The van der Waals surface area contributed by atoms with Crippen molar-refractivity contribution in [3.05, 3.63) is 24.2 Å². The number of rotatable bonds is 7. The third-order valence-corrected chi connectivity index (χ3v) is 5.32. The number of aliphatic imine (C=N–C) groups is 1. The van der Waals surface area contributed by atoms with Crippen LogP contribution in [0, 0.1) is 0 Å². The predicted molar refractivity (Wildman–Crippen MR) is 123 cm³/mol. The molecule has 1 aliphatic heterocycles. The van der Waals surface area contributed by atoms with Gasteiger partial charge in [-0.1, -0.05) is 0 Å². The van der Waals surface area contributed by atoms with Gasteiger partial charge in [0.2, 0.25) is 0 Å². The number of methoxy groups -OCH3 is 4. The average Bonchev–Trinajstić information content (AvgIpc) is 3.47. The zero-order chi connectivity index (χ0) is 27.9. The molecule has 0 unspecified atom stereocenters. The number of hydrogen-bond donors (Lipinski definition) is 1. The van der Waals surface area contributed by atoms with Gasteiger partial charge in [-0.3, -0.25) is 10.3 Å². The Labute approximate surface area is 214 Å². The minimum absolute atomic E-state index is 0.0966. The number of carbonyl (C=O) groups is 4. The second-order valence-corrected chi connectivity index (χ2v) is 7.43. The van der Waals surface area contributed by atoms with E-state index in [0.717, 1.165) is 27.7 Å². The lowest BCUT2D eigenvalue weighted by atomic mass is 9.95. The van der Waals surface area contributed by atoms with E-state index in [0.29, 0.717) is 5.52 Å². The summed E-state index contributed by atoms with van der Waals surface area (Å²) in [6.07, 6.45) is -5.89. The quantitative estimate of drug-likeness (QED) is 0.302. The van der Waals surface area contributed by atoms with Crippen LogP contribution in [-0.4, -0.2) is 105 Å². The zero-order valence-electron chi connectivity index (χ0n) is 20.9. The maximum absolute atomic E-state index is 12.2. The highest BCUT2D eigenvalue weighted by molar-refractivity contribution is 5.88. The van der Waals surface area contributed by atoms with Gasteiger partial charge < -0.3 is 37.9 Å². The van der Waals surface area contributed by atoms with E-state index in [1.807, 2.05) is 0 Å². The van der Waals surface area contributed by atoms with Crippen molar-refractivity contribution < 1.29 is 57.1 Å². The van der Waals surface area contributed by atoms with Gasteiger partial charge in [-0.15, -0.1) is 0 Å². The van der Waals surface area contributed by atoms with Crippen LogP contribution in [-0.2, 0) is 37.9 Å². The second-order valence-electron chi connectivity index (χ2n) is 7.43. The minimum Gasteiger partial charge on any atom is -0.453 e. The second kappa shape index (κ2) is 12.0. The first-order valence-electron chi connectivity index (χ1n) is 10.7. The molecule has 0 aromatic carbocycles. The van der Waals surface area contributed by atoms with Crippen LogP contribution in [0.15, 0.2) is 23.5 Å². The molecule has 4 atom stereocenters. The molecule has 17 nitrogen and oxygen atoms in total. The molecular formula is C21H25N5O12. The van der Waals surface area contributed by atoms with Crippen LogP contribution in [0.5, 0.6) is 0 Å². The van der Waals surface area contributed by atoms with Gasteiger partial charge in [-0.25, -0.2) is 28.7 Å².